The zero-order chi connectivity index (χ0) is 11.4. The molecule has 0 aliphatic heterocycles. The number of thioether (sulfide) groups is 1. The third-order valence-corrected chi connectivity index (χ3v) is 3.18. The Morgan fingerprint density at radius 3 is 2.62 bits per heavy atom. The molecule has 0 N–H and O–H groups in total. The van der Waals surface area contributed by atoms with E-state index in [1.54, 1.807) is 17.8 Å². The molecule has 82 valence electrons. The summed E-state index contributed by atoms with van der Waals surface area (Å²) in [6, 6.07) is 11.9. The Hall–Kier alpha value is -1.06. The van der Waals surface area contributed by atoms with Crippen LogP contribution in [0.3, 0.4) is 0 Å². The van der Waals surface area contributed by atoms with Gasteiger partial charge in [0.15, 0.2) is 0 Å². The van der Waals surface area contributed by atoms with E-state index in [1.165, 1.54) is 4.90 Å². The van der Waals surface area contributed by atoms with Gasteiger partial charge in [0.1, 0.15) is 11.0 Å². The molecule has 1 aromatic carbocycles. The second-order valence-corrected chi connectivity index (χ2v) is 4.79. The Bertz CT molecular complexity index is 453. The van der Waals surface area contributed by atoms with E-state index in [2.05, 4.69) is 22.1 Å². The third kappa shape index (κ3) is 3.22. The molecule has 0 radical (unpaired) electrons. The summed E-state index contributed by atoms with van der Waals surface area (Å²) in [5, 5.41) is 0.510. The third-order valence-electron chi connectivity index (χ3n) is 1.98. The van der Waals surface area contributed by atoms with Crippen LogP contribution in [0.25, 0.3) is 0 Å². The van der Waals surface area contributed by atoms with Crippen LogP contribution in [-0.4, -0.2) is 9.97 Å². The SMILES string of the molecule is Cc1cc(Cl)nc(CSc2ccccc2)n1. The molecule has 0 atom stereocenters. The number of aryl methyl sites for hydroxylation is 1. The van der Waals surface area contributed by atoms with Gasteiger partial charge in [-0.2, -0.15) is 0 Å². The normalized spacial score (nSPS) is 10.4. The van der Waals surface area contributed by atoms with Crippen LogP contribution in [-0.2, 0) is 5.75 Å². The first-order valence-electron chi connectivity index (χ1n) is 4.92. The largest absolute Gasteiger partial charge is 0.237 e. The second kappa shape index (κ2) is 5.32. The van der Waals surface area contributed by atoms with Gasteiger partial charge in [0.05, 0.1) is 5.75 Å². The number of hydrogen-bond acceptors (Lipinski definition) is 3. The summed E-state index contributed by atoms with van der Waals surface area (Å²) in [6.07, 6.45) is 0. The highest BCUT2D eigenvalue weighted by Crippen LogP contribution is 2.21. The molecule has 0 spiro atoms. The molecule has 0 saturated carbocycles. The molecule has 1 aromatic heterocycles. The Morgan fingerprint density at radius 1 is 1.19 bits per heavy atom. The maximum Gasteiger partial charge on any atom is 0.140 e. The van der Waals surface area contributed by atoms with Crippen molar-refractivity contribution in [3.63, 3.8) is 0 Å². The van der Waals surface area contributed by atoms with E-state index < -0.39 is 0 Å². The lowest BCUT2D eigenvalue weighted by Gasteiger charge is -2.02. The van der Waals surface area contributed by atoms with Gasteiger partial charge in [-0.25, -0.2) is 9.97 Å². The van der Waals surface area contributed by atoms with Crippen LogP contribution in [0.1, 0.15) is 11.5 Å². The summed E-state index contributed by atoms with van der Waals surface area (Å²) in [7, 11) is 0. The summed E-state index contributed by atoms with van der Waals surface area (Å²) in [5.41, 5.74) is 0.906. The molecule has 0 saturated heterocycles. The summed E-state index contributed by atoms with van der Waals surface area (Å²) in [5.74, 6) is 1.52. The molecule has 0 bridgehead atoms. The maximum atomic E-state index is 5.87. The van der Waals surface area contributed by atoms with Crippen molar-refractivity contribution in [3.8, 4) is 0 Å². The van der Waals surface area contributed by atoms with E-state index in [4.69, 9.17) is 11.6 Å². The Balaban J connectivity index is 2.05. The lowest BCUT2D eigenvalue weighted by molar-refractivity contribution is 0.996. The van der Waals surface area contributed by atoms with Crippen LogP contribution in [0, 0.1) is 6.92 Å². The number of rotatable bonds is 3. The average molecular weight is 251 g/mol. The molecule has 0 aliphatic rings. The highest BCUT2D eigenvalue weighted by Gasteiger charge is 2.01. The summed E-state index contributed by atoms with van der Waals surface area (Å²) < 4.78 is 0. The van der Waals surface area contributed by atoms with Gasteiger partial charge >= 0.3 is 0 Å². The Kier molecular flexibility index (Phi) is 3.80. The highest BCUT2D eigenvalue weighted by atomic mass is 35.5. The minimum atomic E-state index is 0.510. The maximum absolute atomic E-state index is 5.87. The smallest absolute Gasteiger partial charge is 0.140 e. The molecule has 0 fully saturated rings. The number of hydrogen-bond donors (Lipinski definition) is 0. The van der Waals surface area contributed by atoms with Gasteiger partial charge in [-0.1, -0.05) is 29.8 Å². The minimum absolute atomic E-state index is 0.510. The first kappa shape index (κ1) is 11.4. The molecule has 16 heavy (non-hydrogen) atoms. The monoisotopic (exact) mass is 250 g/mol. The van der Waals surface area contributed by atoms with Gasteiger partial charge in [0, 0.05) is 10.6 Å². The lowest BCUT2D eigenvalue weighted by Crippen LogP contribution is -1.95. The first-order chi connectivity index (χ1) is 7.74. The van der Waals surface area contributed by atoms with Crippen molar-refractivity contribution in [2.75, 3.05) is 0 Å². The molecule has 2 aromatic rings. The molecular formula is C12H11ClN2S. The number of halogens is 1. The van der Waals surface area contributed by atoms with Gasteiger partial charge < -0.3 is 0 Å². The fourth-order valence-corrected chi connectivity index (χ4v) is 2.35. The van der Waals surface area contributed by atoms with E-state index in [-0.39, 0.29) is 0 Å². The summed E-state index contributed by atoms with van der Waals surface area (Å²) in [6.45, 7) is 1.92. The second-order valence-electron chi connectivity index (χ2n) is 3.35. The number of benzene rings is 1. The fourth-order valence-electron chi connectivity index (χ4n) is 1.32. The highest BCUT2D eigenvalue weighted by molar-refractivity contribution is 7.98. The molecule has 4 heteroatoms. The van der Waals surface area contributed by atoms with E-state index in [1.807, 2.05) is 25.1 Å². The lowest BCUT2D eigenvalue weighted by atomic mass is 10.4. The van der Waals surface area contributed by atoms with E-state index in [9.17, 15) is 0 Å². The van der Waals surface area contributed by atoms with Crippen LogP contribution >= 0.6 is 23.4 Å². The van der Waals surface area contributed by atoms with E-state index >= 15 is 0 Å². The van der Waals surface area contributed by atoms with Gasteiger partial charge in [-0.3, -0.25) is 0 Å². The van der Waals surface area contributed by atoms with Crippen molar-refractivity contribution in [1.82, 2.24) is 9.97 Å². The van der Waals surface area contributed by atoms with Crippen LogP contribution < -0.4 is 0 Å². The van der Waals surface area contributed by atoms with Crippen molar-refractivity contribution in [2.45, 2.75) is 17.6 Å². The molecule has 2 rings (SSSR count). The van der Waals surface area contributed by atoms with Crippen LogP contribution in [0.2, 0.25) is 5.15 Å². The standard InChI is InChI=1S/C12H11ClN2S/c1-9-7-11(13)15-12(14-9)8-16-10-5-3-2-4-6-10/h2-7H,8H2,1H3. The molecule has 0 amide bonds. The molecule has 0 unspecified atom stereocenters. The summed E-state index contributed by atoms with van der Waals surface area (Å²) in [4.78, 5) is 9.73. The predicted molar refractivity (Wildman–Crippen MR) is 67.8 cm³/mol. The molecule has 0 aliphatic carbocycles. The van der Waals surface area contributed by atoms with Gasteiger partial charge in [-0.15, -0.1) is 11.8 Å². The number of nitrogens with zero attached hydrogens (tertiary/aromatic N) is 2. The van der Waals surface area contributed by atoms with Crippen molar-refractivity contribution >= 4 is 23.4 Å². The van der Waals surface area contributed by atoms with Crippen molar-refractivity contribution in [1.29, 1.82) is 0 Å². The quantitative estimate of drug-likeness (QED) is 0.613. The number of aromatic nitrogens is 2. The van der Waals surface area contributed by atoms with E-state index in [0.29, 0.717) is 5.15 Å². The van der Waals surface area contributed by atoms with E-state index in [0.717, 1.165) is 17.3 Å². The zero-order valence-electron chi connectivity index (χ0n) is 8.85. The van der Waals surface area contributed by atoms with Crippen molar-refractivity contribution in [2.24, 2.45) is 0 Å². The predicted octanol–water partition coefficient (Wildman–Crippen LogP) is 3.73. The fraction of sp³-hybridized carbons (Fsp3) is 0.167. The van der Waals surface area contributed by atoms with Crippen molar-refractivity contribution < 1.29 is 0 Å². The van der Waals surface area contributed by atoms with Crippen molar-refractivity contribution in [3.05, 3.63) is 53.1 Å². The zero-order valence-corrected chi connectivity index (χ0v) is 10.4. The first-order valence-corrected chi connectivity index (χ1v) is 6.28. The minimum Gasteiger partial charge on any atom is -0.237 e. The van der Waals surface area contributed by atoms with Gasteiger partial charge in [0.25, 0.3) is 0 Å². The average Bonchev–Trinajstić information content (AvgIpc) is 2.27. The summed E-state index contributed by atoms with van der Waals surface area (Å²) >= 11 is 7.58. The van der Waals surface area contributed by atoms with Crippen LogP contribution in [0.4, 0.5) is 0 Å². The van der Waals surface area contributed by atoms with Gasteiger partial charge in [-0.05, 0) is 25.1 Å². The van der Waals surface area contributed by atoms with Crippen LogP contribution in [0.15, 0.2) is 41.3 Å². The Labute approximate surface area is 104 Å². The molecular weight excluding hydrogens is 240 g/mol. The topological polar surface area (TPSA) is 25.8 Å². The molecule has 1 heterocycles. The van der Waals surface area contributed by atoms with Crippen LogP contribution in [0.5, 0.6) is 0 Å². The van der Waals surface area contributed by atoms with Gasteiger partial charge in [0.2, 0.25) is 0 Å². The Morgan fingerprint density at radius 2 is 1.94 bits per heavy atom. The molecule has 2 nitrogen and oxygen atoms in total.